The van der Waals surface area contributed by atoms with Crippen molar-refractivity contribution in [1.29, 1.82) is 0 Å². The van der Waals surface area contributed by atoms with E-state index in [1.165, 1.54) is 25.7 Å². The van der Waals surface area contributed by atoms with Gasteiger partial charge >= 0.3 is 0 Å². The van der Waals surface area contributed by atoms with Crippen molar-refractivity contribution in [1.82, 2.24) is 0 Å². The first kappa shape index (κ1) is 9.10. The van der Waals surface area contributed by atoms with Crippen LogP contribution in [0, 0.1) is 0 Å². The highest BCUT2D eigenvalue weighted by molar-refractivity contribution is 5.91. The van der Waals surface area contributed by atoms with Gasteiger partial charge in [0, 0.05) is 5.70 Å². The Kier molecular flexibility index (Phi) is 3.14. The van der Waals surface area contributed by atoms with E-state index < -0.39 is 0 Å². The fourth-order valence-corrected chi connectivity index (χ4v) is 1.51. The number of amidine groups is 1. The van der Waals surface area contributed by atoms with Crippen LogP contribution in [0.5, 0.6) is 0 Å². The predicted octanol–water partition coefficient (Wildman–Crippen LogP) is 1.15. The quantitative estimate of drug-likeness (QED) is 0.478. The Hall–Kier alpha value is -0.990. The van der Waals surface area contributed by atoms with Gasteiger partial charge in [0.1, 0.15) is 5.84 Å². The summed E-state index contributed by atoms with van der Waals surface area (Å²) in [5.41, 5.74) is 11.8. The van der Waals surface area contributed by atoms with Crippen LogP contribution in [0.25, 0.3) is 0 Å². The van der Waals surface area contributed by atoms with Crippen molar-refractivity contribution >= 4 is 5.84 Å². The lowest BCUT2D eigenvalue weighted by molar-refractivity contribution is 0.706. The lowest BCUT2D eigenvalue weighted by Crippen LogP contribution is -2.14. The fourth-order valence-electron chi connectivity index (χ4n) is 1.51. The second-order valence-electron chi connectivity index (χ2n) is 3.38. The molecule has 0 aromatic rings. The molecule has 3 nitrogen and oxygen atoms in total. The molecule has 0 bridgehead atoms. The van der Waals surface area contributed by atoms with Crippen LogP contribution in [0.15, 0.2) is 16.8 Å². The topological polar surface area (TPSA) is 64.4 Å². The highest BCUT2D eigenvalue weighted by Crippen LogP contribution is 2.20. The molecule has 0 amide bonds. The van der Waals surface area contributed by atoms with Gasteiger partial charge in [-0.2, -0.15) is 0 Å². The van der Waals surface area contributed by atoms with Crippen molar-refractivity contribution in [2.75, 3.05) is 0 Å². The molecule has 0 saturated heterocycles. The summed E-state index contributed by atoms with van der Waals surface area (Å²) in [4.78, 5) is 4.35. The van der Waals surface area contributed by atoms with Gasteiger partial charge in [-0.05, 0) is 25.8 Å². The molecule has 0 aromatic heterocycles. The SMILES string of the molecule is CC(N)=CC(N)=NC1CCCC1. The zero-order valence-electron chi connectivity index (χ0n) is 7.59. The van der Waals surface area contributed by atoms with Crippen LogP contribution in [0.1, 0.15) is 32.6 Å². The first-order valence-corrected chi connectivity index (χ1v) is 4.45. The predicted molar refractivity (Wildman–Crippen MR) is 51.8 cm³/mol. The van der Waals surface area contributed by atoms with Crippen molar-refractivity contribution in [2.24, 2.45) is 16.5 Å². The average molecular weight is 167 g/mol. The van der Waals surface area contributed by atoms with Crippen molar-refractivity contribution in [2.45, 2.75) is 38.6 Å². The summed E-state index contributed by atoms with van der Waals surface area (Å²) >= 11 is 0. The van der Waals surface area contributed by atoms with Gasteiger partial charge < -0.3 is 11.5 Å². The van der Waals surface area contributed by atoms with Crippen LogP contribution >= 0.6 is 0 Å². The van der Waals surface area contributed by atoms with Crippen molar-refractivity contribution < 1.29 is 0 Å². The van der Waals surface area contributed by atoms with Gasteiger partial charge in [0.25, 0.3) is 0 Å². The molecular weight excluding hydrogens is 150 g/mol. The van der Waals surface area contributed by atoms with Gasteiger partial charge in [0.2, 0.25) is 0 Å². The van der Waals surface area contributed by atoms with Crippen LogP contribution in [0.2, 0.25) is 0 Å². The maximum absolute atomic E-state index is 5.65. The third-order valence-electron chi connectivity index (χ3n) is 2.03. The van der Waals surface area contributed by atoms with E-state index in [0.29, 0.717) is 17.6 Å². The lowest BCUT2D eigenvalue weighted by atomic mass is 10.3. The Bertz CT molecular complexity index is 196. The Balaban J connectivity index is 2.49. The molecule has 0 spiro atoms. The molecule has 12 heavy (non-hydrogen) atoms. The Morgan fingerprint density at radius 3 is 2.42 bits per heavy atom. The number of nitrogens with zero attached hydrogens (tertiary/aromatic N) is 1. The van der Waals surface area contributed by atoms with Gasteiger partial charge in [-0.1, -0.05) is 12.8 Å². The summed E-state index contributed by atoms with van der Waals surface area (Å²) in [6, 6.07) is 0.445. The van der Waals surface area contributed by atoms with E-state index in [1.807, 2.05) is 6.92 Å². The molecule has 4 N–H and O–H groups in total. The van der Waals surface area contributed by atoms with Gasteiger partial charge in [0.05, 0.1) is 6.04 Å². The number of aliphatic imine (C=N–C) groups is 1. The number of hydrogen-bond acceptors (Lipinski definition) is 2. The normalized spacial score (nSPS) is 21.8. The first-order valence-electron chi connectivity index (χ1n) is 4.45. The fraction of sp³-hybridized carbons (Fsp3) is 0.667. The smallest absolute Gasteiger partial charge is 0.120 e. The van der Waals surface area contributed by atoms with Crippen LogP contribution in [-0.4, -0.2) is 11.9 Å². The van der Waals surface area contributed by atoms with E-state index >= 15 is 0 Å². The average Bonchev–Trinajstić information content (AvgIpc) is 2.37. The zero-order chi connectivity index (χ0) is 8.97. The minimum absolute atomic E-state index is 0.445. The minimum Gasteiger partial charge on any atom is -0.402 e. The highest BCUT2D eigenvalue weighted by Gasteiger charge is 2.13. The van der Waals surface area contributed by atoms with E-state index in [1.54, 1.807) is 6.08 Å². The molecule has 1 saturated carbocycles. The van der Waals surface area contributed by atoms with Crippen molar-refractivity contribution in [3.63, 3.8) is 0 Å². The van der Waals surface area contributed by atoms with Crippen molar-refractivity contribution in [3.05, 3.63) is 11.8 Å². The zero-order valence-corrected chi connectivity index (χ0v) is 7.59. The van der Waals surface area contributed by atoms with Crippen LogP contribution in [0.4, 0.5) is 0 Å². The van der Waals surface area contributed by atoms with Crippen LogP contribution < -0.4 is 11.5 Å². The highest BCUT2D eigenvalue weighted by atomic mass is 14.9. The van der Waals surface area contributed by atoms with Crippen LogP contribution in [0.3, 0.4) is 0 Å². The summed E-state index contributed by atoms with van der Waals surface area (Å²) in [6.45, 7) is 1.82. The summed E-state index contributed by atoms with van der Waals surface area (Å²) in [5, 5.41) is 0. The van der Waals surface area contributed by atoms with E-state index in [4.69, 9.17) is 11.5 Å². The van der Waals surface area contributed by atoms with E-state index in [2.05, 4.69) is 4.99 Å². The monoisotopic (exact) mass is 167 g/mol. The molecular formula is C9H17N3. The molecule has 68 valence electrons. The molecule has 1 rings (SSSR count). The Morgan fingerprint density at radius 2 is 1.92 bits per heavy atom. The number of rotatable bonds is 2. The third kappa shape index (κ3) is 2.95. The largest absolute Gasteiger partial charge is 0.402 e. The summed E-state index contributed by atoms with van der Waals surface area (Å²) < 4.78 is 0. The summed E-state index contributed by atoms with van der Waals surface area (Å²) in [5.74, 6) is 0.571. The van der Waals surface area contributed by atoms with Crippen LogP contribution in [-0.2, 0) is 0 Å². The molecule has 0 aliphatic heterocycles. The maximum Gasteiger partial charge on any atom is 0.120 e. The standard InChI is InChI=1S/C9H17N3/c1-7(10)6-9(11)12-8-4-2-3-5-8/h6,8H,2-5,10H2,1H3,(H2,11,12). The molecule has 1 aliphatic rings. The minimum atomic E-state index is 0.445. The summed E-state index contributed by atoms with van der Waals surface area (Å²) in [7, 11) is 0. The molecule has 1 aliphatic carbocycles. The third-order valence-corrected chi connectivity index (χ3v) is 2.03. The van der Waals surface area contributed by atoms with E-state index in [9.17, 15) is 0 Å². The van der Waals surface area contributed by atoms with E-state index in [-0.39, 0.29) is 0 Å². The number of allylic oxidation sites excluding steroid dienone is 1. The number of hydrogen-bond donors (Lipinski definition) is 2. The van der Waals surface area contributed by atoms with Gasteiger partial charge in [-0.3, -0.25) is 4.99 Å². The van der Waals surface area contributed by atoms with Gasteiger partial charge in [-0.25, -0.2) is 0 Å². The second kappa shape index (κ2) is 4.14. The van der Waals surface area contributed by atoms with Crippen molar-refractivity contribution in [3.8, 4) is 0 Å². The Labute approximate surface area is 73.5 Å². The second-order valence-corrected chi connectivity index (χ2v) is 3.38. The molecule has 0 heterocycles. The van der Waals surface area contributed by atoms with Gasteiger partial charge in [0.15, 0.2) is 0 Å². The lowest BCUT2D eigenvalue weighted by Gasteiger charge is -2.02. The number of nitrogens with two attached hydrogens (primary N) is 2. The molecule has 1 fully saturated rings. The Morgan fingerprint density at radius 1 is 1.33 bits per heavy atom. The van der Waals surface area contributed by atoms with E-state index in [0.717, 1.165) is 0 Å². The first-order chi connectivity index (χ1) is 5.68. The molecule has 3 heteroatoms. The molecule has 0 aromatic carbocycles. The van der Waals surface area contributed by atoms with Gasteiger partial charge in [-0.15, -0.1) is 0 Å². The molecule has 0 unspecified atom stereocenters. The maximum atomic E-state index is 5.65. The summed E-state index contributed by atoms with van der Waals surface area (Å²) in [6.07, 6.45) is 6.65. The molecule has 0 radical (unpaired) electrons. The molecule has 0 atom stereocenters.